The Kier molecular flexibility index (Phi) is 4.26. The minimum absolute atomic E-state index is 0.0337. The molecule has 22 heavy (non-hydrogen) atoms. The number of amides is 2. The highest BCUT2D eigenvalue weighted by Gasteiger charge is 2.35. The highest BCUT2D eigenvalue weighted by molar-refractivity contribution is 9.10. The average molecular weight is 380 g/mol. The molecule has 0 unspecified atom stereocenters. The summed E-state index contributed by atoms with van der Waals surface area (Å²) in [6.07, 6.45) is 0.225. The summed E-state index contributed by atoms with van der Waals surface area (Å²) >= 11 is 4.78. The lowest BCUT2D eigenvalue weighted by Gasteiger charge is -2.16. The van der Waals surface area contributed by atoms with Crippen LogP contribution in [-0.4, -0.2) is 23.3 Å². The summed E-state index contributed by atoms with van der Waals surface area (Å²) in [5.41, 5.74) is 1.68. The fourth-order valence-corrected chi connectivity index (χ4v) is 3.47. The molecule has 5 nitrogen and oxygen atoms in total. The van der Waals surface area contributed by atoms with Crippen LogP contribution >= 0.6 is 27.3 Å². The normalized spacial score (nSPS) is 17.8. The molecule has 2 amide bonds. The van der Waals surface area contributed by atoms with Crippen molar-refractivity contribution in [3.63, 3.8) is 0 Å². The van der Waals surface area contributed by atoms with E-state index in [0.29, 0.717) is 11.7 Å². The lowest BCUT2D eigenvalue weighted by atomic mass is 10.1. The number of nitrogens with one attached hydrogen (secondary N) is 1. The Morgan fingerprint density at radius 3 is 3.00 bits per heavy atom. The van der Waals surface area contributed by atoms with Crippen LogP contribution in [0.1, 0.15) is 12.1 Å². The Balaban J connectivity index is 1.70. The van der Waals surface area contributed by atoms with Gasteiger partial charge in [0.05, 0.1) is 11.6 Å². The van der Waals surface area contributed by atoms with Gasteiger partial charge >= 0.3 is 0 Å². The van der Waals surface area contributed by atoms with Gasteiger partial charge in [0.15, 0.2) is 5.13 Å². The van der Waals surface area contributed by atoms with Crippen molar-refractivity contribution in [3.05, 3.63) is 39.8 Å². The molecular weight excluding hydrogens is 366 g/mol. The minimum Gasteiger partial charge on any atom is -0.312 e. The van der Waals surface area contributed by atoms with Crippen LogP contribution in [0.2, 0.25) is 0 Å². The highest BCUT2D eigenvalue weighted by atomic mass is 79.9. The number of thiazole rings is 1. The molecule has 1 aliphatic rings. The minimum atomic E-state index is -0.351. The van der Waals surface area contributed by atoms with Crippen molar-refractivity contribution in [2.24, 2.45) is 5.92 Å². The number of anilines is 2. The SMILES string of the molecule is Cc1csc(NC(=O)[C@H]2CC(=O)N(c3cccc(Br)c3)C2)n1. The summed E-state index contributed by atoms with van der Waals surface area (Å²) in [6, 6.07) is 7.52. The highest BCUT2D eigenvalue weighted by Crippen LogP contribution is 2.28. The number of carbonyl (C=O) groups excluding carboxylic acids is 2. The van der Waals surface area contributed by atoms with Crippen LogP contribution < -0.4 is 10.2 Å². The molecule has 7 heteroatoms. The van der Waals surface area contributed by atoms with Gasteiger partial charge < -0.3 is 10.2 Å². The van der Waals surface area contributed by atoms with Crippen molar-refractivity contribution in [1.29, 1.82) is 0 Å². The zero-order valence-electron chi connectivity index (χ0n) is 11.9. The second kappa shape index (κ2) is 6.18. The van der Waals surface area contributed by atoms with Crippen molar-refractivity contribution in [2.75, 3.05) is 16.8 Å². The zero-order chi connectivity index (χ0) is 15.7. The first-order valence-corrected chi connectivity index (χ1v) is 8.49. The summed E-state index contributed by atoms with van der Waals surface area (Å²) in [7, 11) is 0. The first-order chi connectivity index (χ1) is 10.5. The van der Waals surface area contributed by atoms with E-state index in [1.165, 1.54) is 11.3 Å². The van der Waals surface area contributed by atoms with E-state index in [-0.39, 0.29) is 24.2 Å². The van der Waals surface area contributed by atoms with Gasteiger partial charge in [-0.05, 0) is 25.1 Å². The van der Waals surface area contributed by atoms with E-state index >= 15 is 0 Å². The summed E-state index contributed by atoms with van der Waals surface area (Å²) in [5.74, 6) is -0.538. The summed E-state index contributed by atoms with van der Waals surface area (Å²) in [4.78, 5) is 30.3. The number of rotatable bonds is 3. The van der Waals surface area contributed by atoms with Crippen molar-refractivity contribution in [3.8, 4) is 0 Å². The van der Waals surface area contributed by atoms with Gasteiger partial charge in [-0.1, -0.05) is 22.0 Å². The standard InChI is InChI=1S/C15H14BrN3O2S/c1-9-8-22-15(17-9)18-14(21)10-5-13(20)19(7-10)12-4-2-3-11(16)6-12/h2-4,6,8,10H,5,7H2,1H3,(H,17,18,21)/t10-/m0/s1. The lowest BCUT2D eigenvalue weighted by molar-refractivity contribution is -0.122. The van der Waals surface area contributed by atoms with Crippen LogP contribution in [0.4, 0.5) is 10.8 Å². The van der Waals surface area contributed by atoms with E-state index in [1.807, 2.05) is 36.6 Å². The van der Waals surface area contributed by atoms with Crippen LogP contribution in [0, 0.1) is 12.8 Å². The number of nitrogens with zero attached hydrogens (tertiary/aromatic N) is 2. The number of hydrogen-bond donors (Lipinski definition) is 1. The third kappa shape index (κ3) is 3.20. The average Bonchev–Trinajstić information content (AvgIpc) is 3.05. The second-order valence-corrected chi connectivity index (χ2v) is 6.94. The van der Waals surface area contributed by atoms with E-state index in [9.17, 15) is 9.59 Å². The molecule has 0 saturated carbocycles. The lowest BCUT2D eigenvalue weighted by Crippen LogP contribution is -2.28. The monoisotopic (exact) mass is 379 g/mol. The number of aromatic nitrogens is 1. The number of halogens is 1. The fourth-order valence-electron chi connectivity index (χ4n) is 2.40. The third-order valence-electron chi connectivity index (χ3n) is 3.46. The van der Waals surface area contributed by atoms with E-state index in [1.54, 1.807) is 4.90 Å². The van der Waals surface area contributed by atoms with Crippen molar-refractivity contribution in [1.82, 2.24) is 4.98 Å². The van der Waals surface area contributed by atoms with Gasteiger partial charge in [-0.2, -0.15) is 0 Å². The Bertz CT molecular complexity index is 731. The Hall–Kier alpha value is -1.73. The molecule has 114 valence electrons. The fraction of sp³-hybridized carbons (Fsp3) is 0.267. The molecule has 0 bridgehead atoms. The topological polar surface area (TPSA) is 62.3 Å². The molecule has 1 atom stereocenters. The molecule has 1 saturated heterocycles. The van der Waals surface area contributed by atoms with Crippen LogP contribution in [0.3, 0.4) is 0 Å². The molecular formula is C15H14BrN3O2S. The summed E-state index contributed by atoms with van der Waals surface area (Å²) in [5, 5.41) is 5.25. The first-order valence-electron chi connectivity index (χ1n) is 6.82. The molecule has 0 aliphatic carbocycles. The second-order valence-electron chi connectivity index (χ2n) is 5.17. The van der Waals surface area contributed by atoms with Gasteiger partial charge in [-0.15, -0.1) is 11.3 Å². The van der Waals surface area contributed by atoms with Crippen LogP contribution in [0.5, 0.6) is 0 Å². The predicted octanol–water partition coefficient (Wildman–Crippen LogP) is 3.21. The van der Waals surface area contributed by atoms with Gasteiger partial charge in [0, 0.05) is 28.5 Å². The maximum absolute atomic E-state index is 12.3. The smallest absolute Gasteiger partial charge is 0.231 e. The molecule has 1 fully saturated rings. The maximum Gasteiger partial charge on any atom is 0.231 e. The van der Waals surface area contributed by atoms with Gasteiger partial charge in [0.1, 0.15) is 0 Å². The van der Waals surface area contributed by atoms with Crippen molar-refractivity contribution < 1.29 is 9.59 Å². The predicted molar refractivity (Wildman–Crippen MR) is 90.1 cm³/mol. The molecule has 1 N–H and O–H groups in total. The molecule has 0 radical (unpaired) electrons. The van der Waals surface area contributed by atoms with Crippen molar-refractivity contribution >= 4 is 49.9 Å². The molecule has 1 aromatic heterocycles. The molecule has 3 rings (SSSR count). The van der Waals surface area contributed by atoms with Gasteiger partial charge in [0.2, 0.25) is 11.8 Å². The van der Waals surface area contributed by atoms with Crippen LogP contribution in [0.15, 0.2) is 34.1 Å². The largest absolute Gasteiger partial charge is 0.312 e. The molecule has 2 aromatic rings. The Morgan fingerprint density at radius 1 is 1.50 bits per heavy atom. The number of carbonyl (C=O) groups is 2. The number of hydrogen-bond acceptors (Lipinski definition) is 4. The van der Waals surface area contributed by atoms with Gasteiger partial charge in [-0.3, -0.25) is 9.59 Å². The summed E-state index contributed by atoms with van der Waals surface area (Å²) < 4.78 is 0.906. The van der Waals surface area contributed by atoms with E-state index in [0.717, 1.165) is 15.9 Å². The molecule has 0 spiro atoms. The zero-order valence-corrected chi connectivity index (χ0v) is 14.3. The maximum atomic E-state index is 12.3. The van der Waals surface area contributed by atoms with Gasteiger partial charge in [0.25, 0.3) is 0 Å². The van der Waals surface area contributed by atoms with Crippen molar-refractivity contribution in [2.45, 2.75) is 13.3 Å². The van der Waals surface area contributed by atoms with Crippen LogP contribution in [0.25, 0.3) is 0 Å². The number of aryl methyl sites for hydroxylation is 1. The molecule has 1 aliphatic heterocycles. The van der Waals surface area contributed by atoms with E-state index < -0.39 is 0 Å². The quantitative estimate of drug-likeness (QED) is 0.890. The first kappa shape index (κ1) is 15.2. The summed E-state index contributed by atoms with van der Waals surface area (Å²) in [6.45, 7) is 2.27. The Labute approximate surface area is 140 Å². The number of benzene rings is 1. The molecule has 2 heterocycles. The van der Waals surface area contributed by atoms with Gasteiger partial charge in [-0.25, -0.2) is 4.98 Å². The molecule has 1 aromatic carbocycles. The Morgan fingerprint density at radius 2 is 2.32 bits per heavy atom. The van der Waals surface area contributed by atoms with Crippen LogP contribution in [-0.2, 0) is 9.59 Å². The third-order valence-corrected chi connectivity index (χ3v) is 4.83. The van der Waals surface area contributed by atoms with E-state index in [4.69, 9.17) is 0 Å². The van der Waals surface area contributed by atoms with E-state index in [2.05, 4.69) is 26.2 Å².